The normalized spacial score (nSPS) is 14.2. The molecule has 1 aliphatic rings. The lowest BCUT2D eigenvalue weighted by Crippen LogP contribution is -2.43. The number of nitrogens with one attached hydrogen (secondary N) is 1. The summed E-state index contributed by atoms with van der Waals surface area (Å²) < 4.78 is 4.97. The van der Waals surface area contributed by atoms with E-state index in [0.717, 1.165) is 10.5 Å². The van der Waals surface area contributed by atoms with Gasteiger partial charge in [0.2, 0.25) is 5.91 Å². The number of esters is 1. The van der Waals surface area contributed by atoms with Gasteiger partial charge in [-0.2, -0.15) is 0 Å². The Hall–Kier alpha value is -3.48. The molecule has 2 aromatic carbocycles. The van der Waals surface area contributed by atoms with Crippen molar-refractivity contribution >= 4 is 23.7 Å². The second kappa shape index (κ2) is 9.14. The highest BCUT2D eigenvalue weighted by molar-refractivity contribution is 6.09. The van der Waals surface area contributed by atoms with Crippen molar-refractivity contribution in [3.63, 3.8) is 0 Å². The molecule has 0 saturated carbocycles. The Labute approximate surface area is 168 Å². The van der Waals surface area contributed by atoms with E-state index in [0.29, 0.717) is 11.1 Å². The number of rotatable bonds is 7. The molecule has 3 amide bonds. The molecule has 0 aromatic heterocycles. The fourth-order valence-electron chi connectivity index (χ4n) is 3.16. The van der Waals surface area contributed by atoms with E-state index in [2.05, 4.69) is 5.32 Å². The quantitative estimate of drug-likeness (QED) is 0.573. The average Bonchev–Trinajstić information content (AvgIpc) is 2.72. The van der Waals surface area contributed by atoms with Crippen molar-refractivity contribution in [2.45, 2.75) is 25.8 Å². The average molecular weight is 394 g/mol. The second-order valence-electron chi connectivity index (χ2n) is 6.80. The lowest BCUT2D eigenvalue weighted by atomic mass is 9.98. The Kier molecular flexibility index (Phi) is 6.39. The molecule has 1 atom stereocenters. The van der Waals surface area contributed by atoms with Crippen LogP contribution in [0.2, 0.25) is 0 Å². The summed E-state index contributed by atoms with van der Waals surface area (Å²) in [6.07, 6.45) is -0.0437. The van der Waals surface area contributed by atoms with Crippen molar-refractivity contribution in [3.8, 4) is 0 Å². The minimum Gasteiger partial charge on any atom is -0.456 e. The number of carbonyl (C=O) groups excluding carboxylic acids is 4. The standard InChI is InChI=1S/C22H22N2O5/c1-15(16-7-3-2-4-8-16)23-19(25)14-29-21(27)11-12-24-20(26)13-17-9-5-6-10-18(17)22(24)28/h2-10,15H,11-14H2,1H3,(H,23,25)/t15-/m0/s1. The van der Waals surface area contributed by atoms with Crippen LogP contribution in [-0.2, 0) is 25.5 Å². The van der Waals surface area contributed by atoms with Gasteiger partial charge in [0.15, 0.2) is 6.61 Å². The van der Waals surface area contributed by atoms with Crippen LogP contribution < -0.4 is 5.32 Å². The van der Waals surface area contributed by atoms with Crippen molar-refractivity contribution in [1.82, 2.24) is 10.2 Å². The Morgan fingerprint density at radius 3 is 2.52 bits per heavy atom. The highest BCUT2D eigenvalue weighted by atomic mass is 16.5. The summed E-state index contributed by atoms with van der Waals surface area (Å²) >= 11 is 0. The van der Waals surface area contributed by atoms with Gasteiger partial charge in [0.05, 0.1) is 18.9 Å². The maximum Gasteiger partial charge on any atom is 0.308 e. The van der Waals surface area contributed by atoms with E-state index in [1.54, 1.807) is 24.3 Å². The van der Waals surface area contributed by atoms with Crippen LogP contribution in [0.25, 0.3) is 0 Å². The molecule has 7 heteroatoms. The zero-order valence-electron chi connectivity index (χ0n) is 16.1. The number of imide groups is 1. The molecule has 0 aliphatic carbocycles. The van der Waals surface area contributed by atoms with Crippen LogP contribution in [0.4, 0.5) is 0 Å². The van der Waals surface area contributed by atoms with Gasteiger partial charge in [0.1, 0.15) is 0 Å². The number of hydrogen-bond acceptors (Lipinski definition) is 5. The largest absolute Gasteiger partial charge is 0.456 e. The number of nitrogens with zero attached hydrogens (tertiary/aromatic N) is 1. The molecule has 29 heavy (non-hydrogen) atoms. The zero-order chi connectivity index (χ0) is 20.8. The molecular formula is C22H22N2O5. The van der Waals surface area contributed by atoms with Crippen molar-refractivity contribution in [2.24, 2.45) is 0 Å². The molecule has 3 rings (SSSR count). The summed E-state index contributed by atoms with van der Waals surface area (Å²) in [5.74, 6) is -1.84. The van der Waals surface area contributed by atoms with Gasteiger partial charge in [-0.1, -0.05) is 48.5 Å². The third-order valence-electron chi connectivity index (χ3n) is 4.72. The summed E-state index contributed by atoms with van der Waals surface area (Å²) in [5.41, 5.74) is 2.09. The lowest BCUT2D eigenvalue weighted by Gasteiger charge is -2.26. The number of amides is 3. The molecule has 0 unspecified atom stereocenters. The Balaban J connectivity index is 1.45. The van der Waals surface area contributed by atoms with Gasteiger partial charge in [0.25, 0.3) is 11.8 Å². The smallest absolute Gasteiger partial charge is 0.308 e. The molecule has 1 heterocycles. The first-order valence-electron chi connectivity index (χ1n) is 9.38. The molecule has 1 aliphatic heterocycles. The van der Waals surface area contributed by atoms with Crippen LogP contribution in [0.3, 0.4) is 0 Å². The van der Waals surface area contributed by atoms with Gasteiger partial charge in [-0.15, -0.1) is 0 Å². The maximum absolute atomic E-state index is 12.5. The number of ether oxygens (including phenoxy) is 1. The molecule has 0 spiro atoms. The maximum atomic E-state index is 12.5. The second-order valence-corrected chi connectivity index (χ2v) is 6.80. The monoisotopic (exact) mass is 394 g/mol. The number of fused-ring (bicyclic) bond motifs is 1. The van der Waals surface area contributed by atoms with Crippen LogP contribution in [-0.4, -0.2) is 41.7 Å². The Morgan fingerprint density at radius 2 is 1.76 bits per heavy atom. The number of carbonyl (C=O) groups is 4. The highest BCUT2D eigenvalue weighted by Gasteiger charge is 2.30. The molecule has 0 radical (unpaired) electrons. The Morgan fingerprint density at radius 1 is 1.07 bits per heavy atom. The molecule has 7 nitrogen and oxygen atoms in total. The van der Waals surface area contributed by atoms with Gasteiger partial charge >= 0.3 is 5.97 Å². The summed E-state index contributed by atoms with van der Waals surface area (Å²) in [7, 11) is 0. The molecule has 0 bridgehead atoms. The van der Waals surface area contributed by atoms with Crippen LogP contribution in [0.5, 0.6) is 0 Å². The van der Waals surface area contributed by atoms with Gasteiger partial charge in [-0.05, 0) is 24.1 Å². The first-order valence-corrected chi connectivity index (χ1v) is 9.38. The molecule has 2 aromatic rings. The zero-order valence-corrected chi connectivity index (χ0v) is 16.1. The van der Waals surface area contributed by atoms with Crippen molar-refractivity contribution in [2.75, 3.05) is 13.2 Å². The number of benzene rings is 2. The predicted octanol–water partition coefficient (Wildman–Crippen LogP) is 2.02. The van der Waals surface area contributed by atoms with E-state index in [-0.39, 0.29) is 31.3 Å². The molecule has 0 saturated heterocycles. The summed E-state index contributed by atoms with van der Waals surface area (Å²) in [5, 5.41) is 2.75. The molecule has 150 valence electrons. The predicted molar refractivity (Wildman–Crippen MR) is 105 cm³/mol. The minimum atomic E-state index is -0.646. The van der Waals surface area contributed by atoms with Crippen LogP contribution in [0.1, 0.15) is 40.9 Å². The van der Waals surface area contributed by atoms with Gasteiger partial charge < -0.3 is 10.1 Å². The van der Waals surface area contributed by atoms with Crippen LogP contribution in [0.15, 0.2) is 54.6 Å². The van der Waals surface area contributed by atoms with E-state index in [1.165, 1.54) is 0 Å². The molecular weight excluding hydrogens is 372 g/mol. The lowest BCUT2D eigenvalue weighted by molar-refractivity contribution is -0.149. The van der Waals surface area contributed by atoms with Crippen LogP contribution >= 0.6 is 0 Å². The Bertz CT molecular complexity index is 926. The highest BCUT2D eigenvalue weighted by Crippen LogP contribution is 2.19. The minimum absolute atomic E-state index is 0.0765. The van der Waals surface area contributed by atoms with E-state index in [9.17, 15) is 19.2 Å². The van der Waals surface area contributed by atoms with Gasteiger partial charge in [-0.3, -0.25) is 24.1 Å². The fraction of sp³-hybridized carbons (Fsp3) is 0.273. The van der Waals surface area contributed by atoms with Crippen molar-refractivity contribution in [3.05, 3.63) is 71.3 Å². The van der Waals surface area contributed by atoms with Crippen LogP contribution in [0, 0.1) is 0 Å². The number of hydrogen-bond donors (Lipinski definition) is 1. The van der Waals surface area contributed by atoms with Crippen molar-refractivity contribution in [1.29, 1.82) is 0 Å². The summed E-state index contributed by atoms with van der Waals surface area (Å²) in [6, 6.07) is 16.1. The first kappa shape index (κ1) is 20.3. The molecule has 1 N–H and O–H groups in total. The van der Waals surface area contributed by atoms with Gasteiger partial charge in [-0.25, -0.2) is 0 Å². The van der Waals surface area contributed by atoms with E-state index in [4.69, 9.17) is 4.74 Å². The van der Waals surface area contributed by atoms with E-state index in [1.807, 2.05) is 37.3 Å². The van der Waals surface area contributed by atoms with Crippen molar-refractivity contribution < 1.29 is 23.9 Å². The summed E-state index contributed by atoms with van der Waals surface area (Å²) in [4.78, 5) is 49.6. The SMILES string of the molecule is C[C@H](NC(=O)COC(=O)CCN1C(=O)Cc2ccccc2C1=O)c1ccccc1. The van der Waals surface area contributed by atoms with E-state index < -0.39 is 24.4 Å². The first-order chi connectivity index (χ1) is 14.0. The van der Waals surface area contributed by atoms with Gasteiger partial charge in [0, 0.05) is 12.1 Å². The summed E-state index contributed by atoms with van der Waals surface area (Å²) in [6.45, 7) is 1.34. The third kappa shape index (κ3) is 5.07. The third-order valence-corrected chi connectivity index (χ3v) is 4.72. The van der Waals surface area contributed by atoms with E-state index >= 15 is 0 Å². The topological polar surface area (TPSA) is 92.8 Å². The fourth-order valence-corrected chi connectivity index (χ4v) is 3.16. The molecule has 0 fully saturated rings.